The fourth-order valence-corrected chi connectivity index (χ4v) is 3.50. The second-order valence-electron chi connectivity index (χ2n) is 5.45. The molecule has 1 aromatic heterocycles. The average molecular weight is 312 g/mol. The molecule has 1 aliphatic rings. The SMILES string of the molecule is CNC(=O)c1c(N2CCC(C)(O)CC2)sc(C(N)=O)c1N. The van der Waals surface area contributed by atoms with Crippen LogP contribution in [0.15, 0.2) is 0 Å². The molecule has 6 N–H and O–H groups in total. The number of nitrogens with one attached hydrogen (secondary N) is 1. The predicted octanol–water partition coefficient (Wildman–Crippen LogP) is 0.140. The van der Waals surface area contributed by atoms with Gasteiger partial charge in [-0.05, 0) is 19.8 Å². The first-order chi connectivity index (χ1) is 9.76. The molecule has 0 unspecified atom stereocenters. The van der Waals surface area contributed by atoms with Crippen LogP contribution >= 0.6 is 11.3 Å². The van der Waals surface area contributed by atoms with Gasteiger partial charge >= 0.3 is 0 Å². The quantitative estimate of drug-likeness (QED) is 0.632. The summed E-state index contributed by atoms with van der Waals surface area (Å²) in [5.41, 5.74) is 10.9. The highest BCUT2D eigenvalue weighted by atomic mass is 32.1. The van der Waals surface area contributed by atoms with Crippen molar-refractivity contribution in [1.82, 2.24) is 5.32 Å². The van der Waals surface area contributed by atoms with E-state index in [9.17, 15) is 14.7 Å². The molecule has 0 bridgehead atoms. The second kappa shape index (κ2) is 5.53. The number of nitrogens with zero attached hydrogens (tertiary/aromatic N) is 1. The molecule has 8 heteroatoms. The van der Waals surface area contributed by atoms with Crippen molar-refractivity contribution in [2.45, 2.75) is 25.4 Å². The standard InChI is InChI=1S/C13H20N4O3S/c1-13(20)3-5-17(6-4-13)12-7(11(19)16-2)8(14)9(21-12)10(15)18/h20H,3-6,14H2,1-2H3,(H2,15,18)(H,16,19). The van der Waals surface area contributed by atoms with Crippen molar-refractivity contribution in [2.75, 3.05) is 30.8 Å². The lowest BCUT2D eigenvalue weighted by Gasteiger charge is -2.36. The number of nitrogen functional groups attached to an aromatic ring is 1. The van der Waals surface area contributed by atoms with Gasteiger partial charge in [0, 0.05) is 20.1 Å². The molecule has 21 heavy (non-hydrogen) atoms. The Kier molecular flexibility index (Phi) is 4.11. The summed E-state index contributed by atoms with van der Waals surface area (Å²) in [5, 5.41) is 13.2. The Morgan fingerprint density at radius 3 is 2.43 bits per heavy atom. The number of carbonyl (C=O) groups excluding carboxylic acids is 2. The minimum atomic E-state index is -0.695. The van der Waals surface area contributed by atoms with Crippen LogP contribution in [0.3, 0.4) is 0 Å². The summed E-state index contributed by atoms with van der Waals surface area (Å²) in [6, 6.07) is 0. The molecule has 0 aliphatic carbocycles. The van der Waals surface area contributed by atoms with Crippen LogP contribution in [0.5, 0.6) is 0 Å². The Labute approximate surface area is 126 Å². The molecule has 0 saturated carbocycles. The van der Waals surface area contributed by atoms with Crippen LogP contribution in [-0.4, -0.2) is 42.7 Å². The maximum atomic E-state index is 12.0. The highest BCUT2D eigenvalue weighted by molar-refractivity contribution is 7.19. The lowest BCUT2D eigenvalue weighted by atomic mass is 9.94. The molecule has 1 fully saturated rings. The zero-order valence-electron chi connectivity index (χ0n) is 12.1. The van der Waals surface area contributed by atoms with E-state index in [4.69, 9.17) is 11.5 Å². The van der Waals surface area contributed by atoms with Gasteiger partial charge in [0.15, 0.2) is 0 Å². The van der Waals surface area contributed by atoms with Gasteiger partial charge in [0.25, 0.3) is 11.8 Å². The molecule has 1 saturated heterocycles. The molecule has 2 amide bonds. The van der Waals surface area contributed by atoms with Crippen LogP contribution < -0.4 is 21.7 Å². The predicted molar refractivity (Wildman–Crippen MR) is 82.7 cm³/mol. The number of primary amides is 1. The molecule has 0 spiro atoms. The summed E-state index contributed by atoms with van der Waals surface area (Å²) in [4.78, 5) is 25.7. The number of anilines is 2. The van der Waals surface area contributed by atoms with E-state index < -0.39 is 11.5 Å². The van der Waals surface area contributed by atoms with Crippen molar-refractivity contribution in [2.24, 2.45) is 5.73 Å². The van der Waals surface area contributed by atoms with Gasteiger partial charge in [0.05, 0.1) is 16.9 Å². The third-order valence-electron chi connectivity index (χ3n) is 3.73. The van der Waals surface area contributed by atoms with Crippen LogP contribution in [0.25, 0.3) is 0 Å². The van der Waals surface area contributed by atoms with Crippen LogP contribution in [0, 0.1) is 0 Å². The minimum Gasteiger partial charge on any atom is -0.397 e. The molecule has 0 radical (unpaired) electrons. The average Bonchev–Trinajstić information content (AvgIpc) is 2.75. The normalized spacial score (nSPS) is 17.6. The van der Waals surface area contributed by atoms with Gasteiger partial charge in [-0.1, -0.05) is 0 Å². The number of carbonyl (C=O) groups is 2. The lowest BCUT2D eigenvalue weighted by Crippen LogP contribution is -2.42. The van der Waals surface area contributed by atoms with Crippen molar-refractivity contribution in [3.63, 3.8) is 0 Å². The number of hydrogen-bond donors (Lipinski definition) is 4. The van der Waals surface area contributed by atoms with E-state index in [0.717, 1.165) is 11.3 Å². The Bertz CT molecular complexity index is 572. The van der Waals surface area contributed by atoms with Gasteiger partial charge < -0.3 is 26.8 Å². The van der Waals surface area contributed by atoms with E-state index in [-0.39, 0.29) is 22.0 Å². The van der Waals surface area contributed by atoms with Crippen molar-refractivity contribution < 1.29 is 14.7 Å². The number of piperidine rings is 1. The Morgan fingerprint density at radius 1 is 1.38 bits per heavy atom. The third-order valence-corrected chi connectivity index (χ3v) is 5.01. The van der Waals surface area contributed by atoms with Gasteiger partial charge in [-0.25, -0.2) is 0 Å². The zero-order chi connectivity index (χ0) is 15.8. The summed E-state index contributed by atoms with van der Waals surface area (Å²) in [6.45, 7) is 2.98. The Hall–Kier alpha value is -1.80. The topological polar surface area (TPSA) is 122 Å². The highest BCUT2D eigenvalue weighted by Crippen LogP contribution is 2.40. The van der Waals surface area contributed by atoms with Crippen molar-refractivity contribution in [3.8, 4) is 0 Å². The Balaban J connectivity index is 2.41. The fourth-order valence-electron chi connectivity index (χ4n) is 2.37. The summed E-state index contributed by atoms with van der Waals surface area (Å²) < 4.78 is 0. The lowest BCUT2D eigenvalue weighted by molar-refractivity contribution is 0.0352. The van der Waals surface area contributed by atoms with Crippen molar-refractivity contribution in [3.05, 3.63) is 10.4 Å². The molecular weight excluding hydrogens is 292 g/mol. The molecular formula is C13H20N4O3S. The number of amides is 2. The first kappa shape index (κ1) is 15.6. The molecule has 1 aliphatic heterocycles. The molecule has 0 aromatic carbocycles. The second-order valence-corrected chi connectivity index (χ2v) is 6.45. The molecule has 1 aromatic rings. The van der Waals surface area contributed by atoms with E-state index in [1.807, 2.05) is 4.90 Å². The molecule has 2 heterocycles. The number of hydrogen-bond acceptors (Lipinski definition) is 6. The molecule has 0 atom stereocenters. The minimum absolute atomic E-state index is 0.124. The van der Waals surface area contributed by atoms with Gasteiger partial charge in [-0.2, -0.15) is 0 Å². The van der Waals surface area contributed by atoms with Crippen LogP contribution in [0.2, 0.25) is 0 Å². The monoisotopic (exact) mass is 312 g/mol. The number of aliphatic hydroxyl groups is 1. The number of rotatable bonds is 3. The first-order valence-electron chi connectivity index (χ1n) is 6.68. The van der Waals surface area contributed by atoms with E-state index in [2.05, 4.69) is 5.32 Å². The van der Waals surface area contributed by atoms with Crippen LogP contribution in [0.4, 0.5) is 10.7 Å². The van der Waals surface area contributed by atoms with Gasteiger partial charge in [-0.3, -0.25) is 9.59 Å². The zero-order valence-corrected chi connectivity index (χ0v) is 12.9. The largest absolute Gasteiger partial charge is 0.397 e. The molecule has 2 rings (SSSR count). The van der Waals surface area contributed by atoms with Crippen LogP contribution in [0.1, 0.15) is 39.8 Å². The maximum absolute atomic E-state index is 12.0. The van der Waals surface area contributed by atoms with Crippen molar-refractivity contribution >= 4 is 33.8 Å². The van der Waals surface area contributed by atoms with Gasteiger partial charge in [-0.15, -0.1) is 11.3 Å². The summed E-state index contributed by atoms with van der Waals surface area (Å²) in [7, 11) is 1.51. The third kappa shape index (κ3) is 2.96. The van der Waals surface area contributed by atoms with Gasteiger partial charge in [0.2, 0.25) is 0 Å². The molecule has 7 nitrogen and oxygen atoms in total. The number of thiophene rings is 1. The summed E-state index contributed by atoms with van der Waals surface area (Å²) >= 11 is 1.13. The smallest absolute Gasteiger partial charge is 0.260 e. The fraction of sp³-hybridized carbons (Fsp3) is 0.538. The van der Waals surface area contributed by atoms with E-state index in [1.54, 1.807) is 6.92 Å². The molecule has 116 valence electrons. The maximum Gasteiger partial charge on any atom is 0.260 e. The number of nitrogens with two attached hydrogens (primary N) is 2. The van der Waals surface area contributed by atoms with Crippen LogP contribution in [-0.2, 0) is 0 Å². The first-order valence-corrected chi connectivity index (χ1v) is 7.50. The summed E-state index contributed by atoms with van der Waals surface area (Å²) in [6.07, 6.45) is 1.17. The van der Waals surface area contributed by atoms with Crippen molar-refractivity contribution in [1.29, 1.82) is 0 Å². The van der Waals surface area contributed by atoms with Gasteiger partial charge in [0.1, 0.15) is 9.88 Å². The highest BCUT2D eigenvalue weighted by Gasteiger charge is 2.32. The van der Waals surface area contributed by atoms with E-state index >= 15 is 0 Å². The Morgan fingerprint density at radius 2 is 1.95 bits per heavy atom. The summed E-state index contributed by atoms with van der Waals surface area (Å²) in [5.74, 6) is -0.985. The van der Waals surface area contributed by atoms with E-state index in [0.29, 0.717) is 30.9 Å². The van der Waals surface area contributed by atoms with E-state index in [1.165, 1.54) is 7.05 Å².